The maximum atomic E-state index is 9.12. The summed E-state index contributed by atoms with van der Waals surface area (Å²) in [5.41, 5.74) is 15.7. The standard InChI is InChI=1S/C53H64N2O2/c1-34(52(2,3)4)27-39(46-25-23-44(54(8)9)32-48(46)56)21-19-37-13-12-14-38(51(37)43-29-41(35-15-16-35)28-42(30-43)36-17-18-36)20-22-40-31-50(53(5,6)7)57-49-33-45(55(10)11)24-26-47(40)49/h19-33,35-36,56H,1,12-18H2,2-11H3/p+1/b21-19+,38-20+,39-27-,40-22+. The van der Waals surface area contributed by atoms with Crippen LogP contribution in [0.3, 0.4) is 0 Å². The molecule has 1 aliphatic heterocycles. The summed E-state index contributed by atoms with van der Waals surface area (Å²) in [4.78, 5) is 4.19. The molecule has 2 saturated carbocycles. The molecule has 0 aromatic heterocycles. The van der Waals surface area contributed by atoms with Gasteiger partial charge in [0.1, 0.15) is 11.5 Å². The summed E-state index contributed by atoms with van der Waals surface area (Å²) in [6.07, 6.45) is 22.1. The van der Waals surface area contributed by atoms with Gasteiger partial charge in [-0.05, 0) is 143 Å². The van der Waals surface area contributed by atoms with Crippen LogP contribution in [0, 0.1) is 10.8 Å². The summed E-state index contributed by atoms with van der Waals surface area (Å²) in [6.45, 7) is 17.8. The third-order valence-electron chi connectivity index (χ3n) is 12.0. The summed E-state index contributed by atoms with van der Waals surface area (Å²) in [6, 6.07) is 20.3. The van der Waals surface area contributed by atoms with Gasteiger partial charge in [-0.25, -0.2) is 0 Å². The van der Waals surface area contributed by atoms with Crippen molar-refractivity contribution in [2.24, 2.45) is 10.8 Å². The minimum atomic E-state index is -0.135. The van der Waals surface area contributed by atoms with Gasteiger partial charge in [0.15, 0.2) is 0 Å². The first-order chi connectivity index (χ1) is 27.0. The van der Waals surface area contributed by atoms with Crippen molar-refractivity contribution in [1.29, 1.82) is 0 Å². The highest BCUT2D eigenvalue weighted by atomic mass is 16.5. The molecule has 1 heterocycles. The molecule has 0 saturated heterocycles. The molecule has 0 atom stereocenters. The van der Waals surface area contributed by atoms with E-state index < -0.39 is 0 Å². The summed E-state index contributed by atoms with van der Waals surface area (Å²) in [7, 11) is 8.21. The number of hydrogen-bond acceptors (Lipinski definition) is 3. The minimum Gasteiger partial charge on any atom is -0.593 e. The van der Waals surface area contributed by atoms with Crippen LogP contribution in [0.2, 0.25) is 0 Å². The number of fused-ring (bicyclic) bond motifs is 1. The first-order valence-corrected chi connectivity index (χ1v) is 21.1. The lowest BCUT2D eigenvalue weighted by molar-refractivity contribution is 0.291. The number of allylic oxidation sites excluding steroid dienone is 13. The summed E-state index contributed by atoms with van der Waals surface area (Å²) in [5.74, 6) is 3.78. The third-order valence-corrected chi connectivity index (χ3v) is 12.0. The largest absolute Gasteiger partial charge is 0.593 e. The summed E-state index contributed by atoms with van der Waals surface area (Å²) < 4.78 is 6.59. The molecule has 0 unspecified atom stereocenters. The Bertz CT molecular complexity index is 2220. The molecule has 2 fully saturated rings. The highest BCUT2D eigenvalue weighted by Gasteiger charge is 2.31. The van der Waals surface area contributed by atoms with Crippen molar-refractivity contribution in [3.05, 3.63) is 148 Å². The first-order valence-electron chi connectivity index (χ1n) is 21.1. The molecule has 0 amide bonds. The van der Waals surface area contributed by atoms with Crippen LogP contribution in [-0.4, -0.2) is 33.3 Å². The van der Waals surface area contributed by atoms with Gasteiger partial charge in [-0.3, -0.25) is 0 Å². The van der Waals surface area contributed by atoms with E-state index in [1.807, 2.05) is 20.2 Å². The van der Waals surface area contributed by atoms with Crippen LogP contribution in [0.25, 0.3) is 16.7 Å². The molecule has 298 valence electrons. The number of hydrogen-bond donors (Lipinski definition) is 0. The highest BCUT2D eigenvalue weighted by Crippen LogP contribution is 2.48. The fourth-order valence-corrected chi connectivity index (χ4v) is 7.80. The van der Waals surface area contributed by atoms with E-state index in [-0.39, 0.29) is 10.8 Å². The zero-order valence-corrected chi connectivity index (χ0v) is 36.3. The second-order valence-electron chi connectivity index (χ2n) is 19.3. The molecule has 0 radical (unpaired) electrons. The molecule has 4 nitrogen and oxygen atoms in total. The lowest BCUT2D eigenvalue weighted by Gasteiger charge is -2.29. The Balaban J connectivity index is 1.40. The van der Waals surface area contributed by atoms with Crippen LogP contribution in [0.5, 0.6) is 11.5 Å². The molecule has 3 aliphatic carbocycles. The fraction of sp³-hybridized carbons (Fsp3) is 0.396. The van der Waals surface area contributed by atoms with Crippen LogP contribution < -0.4 is 14.5 Å². The Labute approximate surface area is 343 Å². The van der Waals surface area contributed by atoms with Gasteiger partial charge in [0.05, 0.1) is 11.6 Å². The molecular weight excluding hydrogens is 697 g/mol. The quantitative estimate of drug-likeness (QED) is 0.153. The molecule has 0 spiro atoms. The van der Waals surface area contributed by atoms with Gasteiger partial charge in [-0.1, -0.05) is 96.7 Å². The van der Waals surface area contributed by atoms with Crippen LogP contribution in [-0.2, 0) is 0 Å². The van der Waals surface area contributed by atoms with Crippen LogP contribution >= 0.6 is 0 Å². The number of rotatable bonds is 10. The van der Waals surface area contributed by atoms with E-state index in [1.165, 1.54) is 64.7 Å². The van der Waals surface area contributed by atoms with Crippen LogP contribution in [0.4, 0.5) is 11.4 Å². The van der Waals surface area contributed by atoms with Gasteiger partial charge in [-0.15, -0.1) is 0 Å². The van der Waals surface area contributed by atoms with E-state index >= 15 is 0 Å². The lowest BCUT2D eigenvalue weighted by atomic mass is 9.80. The first kappa shape index (κ1) is 40.2. The van der Waals surface area contributed by atoms with Gasteiger partial charge in [0.25, 0.3) is 5.75 Å². The molecular formula is C53H65N2O2+. The van der Waals surface area contributed by atoms with E-state index in [1.54, 1.807) is 0 Å². The Morgan fingerprint density at radius 2 is 1.42 bits per heavy atom. The van der Waals surface area contributed by atoms with E-state index in [9.17, 15) is 0 Å². The number of nitrogens with zero attached hydrogens (tertiary/aromatic N) is 2. The normalized spacial score (nSPS) is 19.2. The third kappa shape index (κ3) is 9.27. The smallest absolute Gasteiger partial charge is 0.263 e. The van der Waals surface area contributed by atoms with Crippen molar-refractivity contribution in [2.45, 2.75) is 98.3 Å². The molecule has 3 aromatic rings. The molecule has 3 aromatic carbocycles. The van der Waals surface area contributed by atoms with Crippen molar-refractivity contribution in [1.82, 2.24) is 0 Å². The van der Waals surface area contributed by atoms with Gasteiger partial charge < -0.3 is 19.6 Å². The predicted octanol–water partition coefficient (Wildman–Crippen LogP) is 13.5. The minimum absolute atomic E-state index is 0.0932. The second kappa shape index (κ2) is 15.8. The van der Waals surface area contributed by atoms with E-state index in [4.69, 9.17) is 9.84 Å². The maximum absolute atomic E-state index is 9.12. The Hall–Kier alpha value is -4.96. The van der Waals surface area contributed by atoms with E-state index in [2.05, 4.69) is 157 Å². The number of benzene rings is 3. The van der Waals surface area contributed by atoms with Crippen LogP contribution in [0.1, 0.15) is 126 Å². The van der Waals surface area contributed by atoms with Crippen molar-refractivity contribution in [3.63, 3.8) is 0 Å². The van der Waals surface area contributed by atoms with Gasteiger partial charge in [0.2, 0.25) is 0 Å². The highest BCUT2D eigenvalue weighted by molar-refractivity contribution is 5.89. The van der Waals surface area contributed by atoms with Crippen LogP contribution in [0.15, 0.2) is 120 Å². The monoisotopic (exact) mass is 762 g/mol. The van der Waals surface area contributed by atoms with Gasteiger partial charge in [0, 0.05) is 56.6 Å². The zero-order valence-electron chi connectivity index (χ0n) is 36.3. The maximum Gasteiger partial charge on any atom is 0.263 e. The Kier molecular flexibility index (Phi) is 11.1. The summed E-state index contributed by atoms with van der Waals surface area (Å²) >= 11 is 0. The molecule has 4 heteroatoms. The van der Waals surface area contributed by atoms with Crippen molar-refractivity contribution < 1.29 is 9.84 Å². The molecule has 4 aliphatic rings. The van der Waals surface area contributed by atoms with E-state index in [0.717, 1.165) is 64.4 Å². The SMILES string of the molecule is C=C(/C=C(/C=C/C1=C(c2cc(C3CC3)cc(C3CC3)c2)C(=C/C=C2\C=C(C(C)(C)C)Oc3cc(N(C)C)ccc32)/CCC1)c1ccc(N(C)C)cc1[OH2+])C(C)(C)C. The summed E-state index contributed by atoms with van der Waals surface area (Å²) in [5, 5.41) is 9.12. The molecule has 2 N–H and O–H groups in total. The van der Waals surface area contributed by atoms with Gasteiger partial charge >= 0.3 is 0 Å². The zero-order chi connectivity index (χ0) is 40.8. The van der Waals surface area contributed by atoms with E-state index in [0.29, 0.717) is 17.6 Å². The molecule has 57 heavy (non-hydrogen) atoms. The Morgan fingerprint density at radius 3 is 2.00 bits per heavy atom. The van der Waals surface area contributed by atoms with Crippen molar-refractivity contribution in [2.75, 3.05) is 38.0 Å². The fourth-order valence-electron chi connectivity index (χ4n) is 7.80. The number of ether oxygens (including phenoxy) is 1. The molecule has 7 rings (SSSR count). The Morgan fingerprint density at radius 1 is 0.789 bits per heavy atom. The topological polar surface area (TPSA) is 38.6 Å². The second-order valence-corrected chi connectivity index (χ2v) is 19.3. The average molecular weight is 762 g/mol. The van der Waals surface area contributed by atoms with Crippen molar-refractivity contribution in [3.8, 4) is 11.5 Å². The number of anilines is 2. The average Bonchev–Trinajstić information content (AvgIpc) is 4.08. The van der Waals surface area contributed by atoms with Gasteiger partial charge in [-0.2, -0.15) is 0 Å². The predicted molar refractivity (Wildman–Crippen MR) is 246 cm³/mol. The van der Waals surface area contributed by atoms with Crippen molar-refractivity contribution >= 4 is 28.1 Å². The molecule has 0 bridgehead atoms. The lowest BCUT2D eigenvalue weighted by Crippen LogP contribution is -2.18.